The summed E-state index contributed by atoms with van der Waals surface area (Å²) < 4.78 is 18.6. The molecule has 5 nitrogen and oxygen atoms in total. The molecule has 1 aromatic heterocycles. The Morgan fingerprint density at radius 1 is 1.24 bits per heavy atom. The van der Waals surface area contributed by atoms with E-state index in [1.807, 2.05) is 0 Å². The second-order valence-electron chi connectivity index (χ2n) is 6.52. The van der Waals surface area contributed by atoms with Gasteiger partial charge in [0.2, 0.25) is 5.89 Å². The van der Waals surface area contributed by atoms with E-state index < -0.39 is 0 Å². The quantitative estimate of drug-likeness (QED) is 0.355. The maximum Gasteiger partial charge on any atom is 0.213 e. The predicted molar refractivity (Wildman–Crippen MR) is 101 cm³/mol. The third-order valence-electron chi connectivity index (χ3n) is 3.40. The first-order valence-electron chi connectivity index (χ1n) is 8.16. The van der Waals surface area contributed by atoms with E-state index in [9.17, 15) is 4.39 Å². The molecule has 0 saturated heterocycles. The topological polar surface area (TPSA) is 62.5 Å². The molecular weight excluding hydrogens is 339 g/mol. The molecular formula is C18H25FN4OS. The first kappa shape index (κ1) is 19.3. The van der Waals surface area contributed by atoms with E-state index in [-0.39, 0.29) is 11.2 Å². The van der Waals surface area contributed by atoms with E-state index >= 15 is 0 Å². The van der Waals surface area contributed by atoms with Gasteiger partial charge in [-0.05, 0) is 24.3 Å². The zero-order valence-corrected chi connectivity index (χ0v) is 15.9. The lowest BCUT2D eigenvalue weighted by atomic mass is 9.94. The van der Waals surface area contributed by atoms with E-state index in [0.29, 0.717) is 18.4 Å². The molecule has 7 heteroatoms. The van der Waals surface area contributed by atoms with Crippen LogP contribution in [-0.4, -0.2) is 30.3 Å². The summed E-state index contributed by atoms with van der Waals surface area (Å²) in [5, 5.41) is 6.41. The Bertz CT molecular complexity index is 692. The summed E-state index contributed by atoms with van der Waals surface area (Å²) in [6.07, 6.45) is 1.77. The summed E-state index contributed by atoms with van der Waals surface area (Å²) in [5.74, 6) is 2.82. The van der Waals surface area contributed by atoms with Crippen LogP contribution in [0.5, 0.6) is 0 Å². The van der Waals surface area contributed by atoms with E-state index in [1.54, 1.807) is 37.1 Å². The van der Waals surface area contributed by atoms with E-state index in [1.165, 1.54) is 12.1 Å². The molecule has 1 aromatic carbocycles. The van der Waals surface area contributed by atoms with Gasteiger partial charge in [-0.15, -0.1) is 11.8 Å². The summed E-state index contributed by atoms with van der Waals surface area (Å²) in [7, 11) is 1.72. The summed E-state index contributed by atoms with van der Waals surface area (Å²) >= 11 is 1.66. The van der Waals surface area contributed by atoms with Crippen LogP contribution in [0.4, 0.5) is 4.39 Å². The molecule has 0 aliphatic carbocycles. The maximum atomic E-state index is 12.9. The number of nitrogens with one attached hydrogen (secondary N) is 2. The van der Waals surface area contributed by atoms with Crippen LogP contribution in [0.2, 0.25) is 0 Å². The highest BCUT2D eigenvalue weighted by atomic mass is 32.2. The van der Waals surface area contributed by atoms with E-state index in [4.69, 9.17) is 4.42 Å². The van der Waals surface area contributed by atoms with Gasteiger partial charge in [0.25, 0.3) is 0 Å². The number of guanidine groups is 1. The van der Waals surface area contributed by atoms with Crippen LogP contribution in [0.3, 0.4) is 0 Å². The molecule has 1 heterocycles. The molecule has 0 radical (unpaired) electrons. The minimum absolute atomic E-state index is 0.0528. The van der Waals surface area contributed by atoms with Gasteiger partial charge in [0.15, 0.2) is 5.96 Å². The smallest absolute Gasteiger partial charge is 0.213 e. The van der Waals surface area contributed by atoms with Crippen LogP contribution >= 0.6 is 11.8 Å². The average molecular weight is 364 g/mol. The van der Waals surface area contributed by atoms with Gasteiger partial charge in [-0.1, -0.05) is 20.8 Å². The van der Waals surface area contributed by atoms with Crippen LogP contribution in [-0.2, 0) is 12.0 Å². The standard InChI is InChI=1S/C18H25FN4OS/c1-18(2,3)15-11-22-16(24-15)12-23-17(20-4)21-9-10-25-14-7-5-13(19)6-8-14/h5-8,11H,9-10,12H2,1-4H3,(H2,20,21,23). The molecule has 0 spiro atoms. The van der Waals surface area contributed by atoms with Crippen molar-refractivity contribution in [2.24, 2.45) is 4.99 Å². The number of benzene rings is 1. The first-order chi connectivity index (χ1) is 11.9. The normalized spacial score (nSPS) is 12.3. The highest BCUT2D eigenvalue weighted by Crippen LogP contribution is 2.22. The van der Waals surface area contributed by atoms with Crippen LogP contribution in [0.25, 0.3) is 0 Å². The minimum Gasteiger partial charge on any atom is -0.443 e. The highest BCUT2D eigenvalue weighted by Gasteiger charge is 2.19. The number of rotatable bonds is 6. The molecule has 0 aliphatic heterocycles. The zero-order chi connectivity index (χ0) is 18.3. The number of oxazole rings is 1. The number of aromatic nitrogens is 1. The Morgan fingerprint density at radius 3 is 2.56 bits per heavy atom. The van der Waals surface area contributed by atoms with Crippen molar-refractivity contribution in [2.75, 3.05) is 19.3 Å². The molecule has 2 N–H and O–H groups in total. The van der Waals surface area contributed by atoms with Crippen LogP contribution in [0.1, 0.15) is 32.4 Å². The summed E-state index contributed by atoms with van der Waals surface area (Å²) in [6, 6.07) is 6.50. The lowest BCUT2D eigenvalue weighted by Crippen LogP contribution is -2.38. The minimum atomic E-state index is -0.215. The van der Waals surface area contributed by atoms with Gasteiger partial charge in [0.05, 0.1) is 12.7 Å². The lowest BCUT2D eigenvalue weighted by molar-refractivity contribution is 0.379. The Hall–Kier alpha value is -2.02. The number of hydrogen-bond acceptors (Lipinski definition) is 4. The van der Waals surface area contributed by atoms with Crippen molar-refractivity contribution in [1.82, 2.24) is 15.6 Å². The van der Waals surface area contributed by atoms with E-state index in [0.717, 1.165) is 23.0 Å². The predicted octanol–water partition coefficient (Wildman–Crippen LogP) is 3.57. The third-order valence-corrected chi connectivity index (χ3v) is 4.41. The molecule has 0 saturated carbocycles. The van der Waals surface area contributed by atoms with Crippen molar-refractivity contribution in [2.45, 2.75) is 37.6 Å². The second kappa shape index (κ2) is 8.89. The van der Waals surface area contributed by atoms with Gasteiger partial charge in [-0.25, -0.2) is 9.37 Å². The fourth-order valence-electron chi connectivity index (χ4n) is 1.99. The van der Waals surface area contributed by atoms with Gasteiger partial charge in [-0.2, -0.15) is 0 Å². The molecule has 0 unspecified atom stereocenters. The first-order valence-corrected chi connectivity index (χ1v) is 9.15. The van der Waals surface area contributed by atoms with Crippen molar-refractivity contribution >= 4 is 17.7 Å². The lowest BCUT2D eigenvalue weighted by Gasteiger charge is -2.13. The third kappa shape index (κ3) is 6.42. The molecule has 0 atom stereocenters. The monoisotopic (exact) mass is 364 g/mol. The Labute approximate surface area is 152 Å². The molecule has 0 amide bonds. The molecule has 0 fully saturated rings. The Morgan fingerprint density at radius 2 is 1.96 bits per heavy atom. The van der Waals surface area contributed by atoms with Crippen molar-refractivity contribution in [3.8, 4) is 0 Å². The fraction of sp³-hybridized carbons (Fsp3) is 0.444. The van der Waals surface area contributed by atoms with Crippen LogP contribution in [0.15, 0.2) is 44.8 Å². The van der Waals surface area contributed by atoms with Gasteiger partial charge in [0.1, 0.15) is 11.6 Å². The van der Waals surface area contributed by atoms with Crippen molar-refractivity contribution in [3.63, 3.8) is 0 Å². The summed E-state index contributed by atoms with van der Waals surface area (Å²) in [4.78, 5) is 9.51. The van der Waals surface area contributed by atoms with E-state index in [2.05, 4.69) is 41.4 Å². The molecule has 136 valence electrons. The summed E-state index contributed by atoms with van der Waals surface area (Å²) in [6.45, 7) is 7.47. The number of hydrogen-bond donors (Lipinski definition) is 2. The molecule has 25 heavy (non-hydrogen) atoms. The Kier molecular flexibility index (Phi) is 6.87. The van der Waals surface area contributed by atoms with Gasteiger partial charge in [-0.3, -0.25) is 4.99 Å². The molecule has 0 aliphatic rings. The number of thioether (sulfide) groups is 1. The highest BCUT2D eigenvalue weighted by molar-refractivity contribution is 7.99. The van der Waals surface area contributed by atoms with Gasteiger partial charge >= 0.3 is 0 Å². The van der Waals surface area contributed by atoms with Crippen molar-refractivity contribution in [1.29, 1.82) is 0 Å². The van der Waals surface area contributed by atoms with Crippen molar-refractivity contribution < 1.29 is 8.81 Å². The molecule has 2 rings (SSSR count). The largest absolute Gasteiger partial charge is 0.443 e. The zero-order valence-electron chi connectivity index (χ0n) is 15.1. The van der Waals surface area contributed by atoms with Crippen LogP contribution in [0, 0.1) is 5.82 Å². The Balaban J connectivity index is 1.72. The van der Waals surface area contributed by atoms with Gasteiger partial charge in [0, 0.05) is 29.7 Å². The SMILES string of the molecule is CN=C(NCCSc1ccc(F)cc1)NCc1ncc(C(C)(C)C)o1. The average Bonchev–Trinajstić information content (AvgIpc) is 3.05. The maximum absolute atomic E-state index is 12.9. The summed E-state index contributed by atoms with van der Waals surface area (Å²) in [5.41, 5.74) is -0.0528. The number of halogens is 1. The van der Waals surface area contributed by atoms with Gasteiger partial charge < -0.3 is 15.1 Å². The second-order valence-corrected chi connectivity index (χ2v) is 7.69. The fourth-order valence-corrected chi connectivity index (χ4v) is 2.76. The number of aliphatic imine (C=N–C) groups is 1. The molecule has 0 bridgehead atoms. The molecule has 2 aromatic rings. The number of nitrogens with zero attached hydrogens (tertiary/aromatic N) is 2. The van der Waals surface area contributed by atoms with Crippen LogP contribution < -0.4 is 10.6 Å². The van der Waals surface area contributed by atoms with Crippen molar-refractivity contribution in [3.05, 3.63) is 47.9 Å².